The molecule has 0 amide bonds. The summed E-state index contributed by atoms with van der Waals surface area (Å²) in [6.45, 7) is 0.653. The molecule has 1 saturated carbocycles. The maximum atomic E-state index is 6.18. The Labute approximate surface area is 118 Å². The zero-order valence-electron chi connectivity index (χ0n) is 9.48. The van der Waals surface area contributed by atoms with Crippen LogP contribution in [0.1, 0.15) is 18.7 Å². The predicted molar refractivity (Wildman–Crippen MR) is 71.7 cm³/mol. The highest BCUT2D eigenvalue weighted by Gasteiger charge is 2.21. The molecule has 0 aliphatic heterocycles. The zero-order chi connectivity index (χ0) is 12.5. The quantitative estimate of drug-likeness (QED) is 0.936. The van der Waals surface area contributed by atoms with E-state index in [1.807, 2.05) is 18.2 Å². The molecule has 0 saturated heterocycles. The minimum Gasteiger partial charge on any atom is -0.307 e. The molecule has 1 aliphatic carbocycles. The molecule has 5 nitrogen and oxygen atoms in total. The van der Waals surface area contributed by atoms with Crippen molar-refractivity contribution >= 4 is 27.5 Å². The first-order valence-corrected chi connectivity index (χ1v) is 6.87. The first-order chi connectivity index (χ1) is 8.74. The second-order valence-corrected chi connectivity index (χ2v) is 5.58. The van der Waals surface area contributed by atoms with Crippen molar-refractivity contribution in [2.75, 3.05) is 0 Å². The Morgan fingerprint density at radius 1 is 1.44 bits per heavy atom. The molecule has 0 atom stereocenters. The lowest BCUT2D eigenvalue weighted by Crippen LogP contribution is -2.19. The Morgan fingerprint density at radius 2 is 2.28 bits per heavy atom. The van der Waals surface area contributed by atoms with Gasteiger partial charge in [0.25, 0.3) is 0 Å². The summed E-state index contributed by atoms with van der Waals surface area (Å²) in [6.07, 6.45) is 2.47. The number of nitrogens with one attached hydrogen (secondary N) is 1. The average Bonchev–Trinajstić information content (AvgIpc) is 3.08. The Kier molecular flexibility index (Phi) is 3.32. The standard InChI is InChI=1S/C11H11BrClN5/c12-7-1-4-9(13)10(5-7)18-11(15-16-17-18)6-14-8-2-3-8/h1,4-5,8,14H,2-3,6H2. The first kappa shape index (κ1) is 12.1. The highest BCUT2D eigenvalue weighted by atomic mass is 79.9. The van der Waals surface area contributed by atoms with Crippen LogP contribution in [0.4, 0.5) is 0 Å². The van der Waals surface area contributed by atoms with Gasteiger partial charge in [-0.05, 0) is 41.5 Å². The third-order valence-corrected chi connectivity index (χ3v) is 3.61. The molecule has 3 rings (SSSR count). The molecule has 1 heterocycles. The molecule has 7 heteroatoms. The van der Waals surface area contributed by atoms with E-state index < -0.39 is 0 Å². The number of hydrogen-bond donors (Lipinski definition) is 1. The summed E-state index contributed by atoms with van der Waals surface area (Å²) < 4.78 is 2.61. The highest BCUT2D eigenvalue weighted by Crippen LogP contribution is 2.25. The van der Waals surface area contributed by atoms with Crippen LogP contribution >= 0.6 is 27.5 Å². The van der Waals surface area contributed by atoms with E-state index in [-0.39, 0.29) is 0 Å². The van der Waals surface area contributed by atoms with Gasteiger partial charge in [0, 0.05) is 10.5 Å². The monoisotopic (exact) mass is 327 g/mol. The lowest BCUT2D eigenvalue weighted by atomic mass is 10.3. The van der Waals surface area contributed by atoms with E-state index in [0.29, 0.717) is 17.6 Å². The molecular formula is C11H11BrClN5. The minimum absolute atomic E-state index is 0.619. The van der Waals surface area contributed by atoms with Crippen LogP contribution in [0.25, 0.3) is 5.69 Å². The Morgan fingerprint density at radius 3 is 3.06 bits per heavy atom. The Balaban J connectivity index is 1.90. The molecular weight excluding hydrogens is 318 g/mol. The topological polar surface area (TPSA) is 55.6 Å². The van der Waals surface area contributed by atoms with E-state index >= 15 is 0 Å². The summed E-state index contributed by atoms with van der Waals surface area (Å²) in [7, 11) is 0. The third kappa shape index (κ3) is 2.55. The van der Waals surface area contributed by atoms with Gasteiger partial charge >= 0.3 is 0 Å². The van der Waals surface area contributed by atoms with Crippen molar-refractivity contribution in [2.24, 2.45) is 0 Å². The number of halogens is 2. The van der Waals surface area contributed by atoms with Crippen LogP contribution < -0.4 is 5.32 Å². The third-order valence-electron chi connectivity index (χ3n) is 2.80. The molecule has 0 bridgehead atoms. The average molecular weight is 329 g/mol. The summed E-state index contributed by atoms with van der Waals surface area (Å²) >= 11 is 9.60. The smallest absolute Gasteiger partial charge is 0.170 e. The molecule has 94 valence electrons. The number of nitrogens with zero attached hydrogens (tertiary/aromatic N) is 4. The molecule has 0 spiro atoms. The molecule has 1 N–H and O–H groups in total. The summed E-state index contributed by atoms with van der Waals surface area (Å²) in [5.41, 5.74) is 0.781. The van der Waals surface area contributed by atoms with Gasteiger partial charge in [-0.15, -0.1) is 5.10 Å². The van der Waals surface area contributed by atoms with Crippen LogP contribution in [0.15, 0.2) is 22.7 Å². The zero-order valence-corrected chi connectivity index (χ0v) is 11.8. The molecule has 2 aromatic rings. The van der Waals surface area contributed by atoms with Crippen molar-refractivity contribution in [1.82, 2.24) is 25.5 Å². The fourth-order valence-corrected chi connectivity index (χ4v) is 2.22. The molecule has 18 heavy (non-hydrogen) atoms. The number of hydrogen-bond acceptors (Lipinski definition) is 4. The van der Waals surface area contributed by atoms with Gasteiger partial charge in [0.15, 0.2) is 5.82 Å². The maximum Gasteiger partial charge on any atom is 0.170 e. The number of benzene rings is 1. The first-order valence-electron chi connectivity index (χ1n) is 5.70. The molecule has 1 aromatic heterocycles. The van der Waals surface area contributed by atoms with E-state index in [1.165, 1.54) is 12.8 Å². The van der Waals surface area contributed by atoms with Gasteiger partial charge in [0.2, 0.25) is 0 Å². The van der Waals surface area contributed by atoms with Gasteiger partial charge in [-0.2, -0.15) is 4.68 Å². The van der Waals surface area contributed by atoms with Crippen molar-refractivity contribution in [3.63, 3.8) is 0 Å². The molecule has 0 unspecified atom stereocenters. The van der Waals surface area contributed by atoms with Gasteiger partial charge in [-0.1, -0.05) is 27.5 Å². The van der Waals surface area contributed by atoms with Gasteiger partial charge in [0.1, 0.15) is 0 Å². The van der Waals surface area contributed by atoms with Crippen LogP contribution in [0, 0.1) is 0 Å². The molecule has 1 aliphatic rings. The number of aromatic nitrogens is 4. The van der Waals surface area contributed by atoms with Crippen molar-refractivity contribution in [2.45, 2.75) is 25.4 Å². The molecule has 1 fully saturated rings. The SMILES string of the molecule is Clc1ccc(Br)cc1-n1nnnc1CNC1CC1. The normalized spacial score (nSPS) is 15.0. The summed E-state index contributed by atoms with van der Waals surface area (Å²) in [5.74, 6) is 0.766. The minimum atomic E-state index is 0.619. The van der Waals surface area contributed by atoms with Gasteiger partial charge in [0.05, 0.1) is 17.3 Å². The van der Waals surface area contributed by atoms with Gasteiger partial charge in [-0.25, -0.2) is 0 Å². The predicted octanol–water partition coefficient (Wildman–Crippen LogP) is 2.33. The second-order valence-electron chi connectivity index (χ2n) is 4.26. The van der Waals surface area contributed by atoms with Crippen molar-refractivity contribution < 1.29 is 0 Å². The van der Waals surface area contributed by atoms with Crippen molar-refractivity contribution in [1.29, 1.82) is 0 Å². The van der Waals surface area contributed by atoms with Gasteiger partial charge < -0.3 is 5.32 Å². The maximum absolute atomic E-state index is 6.18. The van der Waals surface area contributed by atoms with Crippen LogP contribution in [0.3, 0.4) is 0 Å². The lowest BCUT2D eigenvalue weighted by molar-refractivity contribution is 0.637. The van der Waals surface area contributed by atoms with Crippen LogP contribution in [-0.2, 0) is 6.54 Å². The summed E-state index contributed by atoms with van der Waals surface area (Å²) in [6, 6.07) is 6.23. The van der Waals surface area contributed by atoms with E-state index in [1.54, 1.807) is 4.68 Å². The lowest BCUT2D eigenvalue weighted by Gasteiger charge is -2.07. The summed E-state index contributed by atoms with van der Waals surface area (Å²) in [5, 5.41) is 15.8. The summed E-state index contributed by atoms with van der Waals surface area (Å²) in [4.78, 5) is 0. The number of tetrazole rings is 1. The van der Waals surface area contributed by atoms with Gasteiger partial charge in [-0.3, -0.25) is 0 Å². The van der Waals surface area contributed by atoms with E-state index in [9.17, 15) is 0 Å². The number of rotatable bonds is 4. The van der Waals surface area contributed by atoms with Crippen molar-refractivity contribution in [3.8, 4) is 5.69 Å². The fraction of sp³-hybridized carbons (Fsp3) is 0.364. The van der Waals surface area contributed by atoms with E-state index in [2.05, 4.69) is 36.8 Å². The second kappa shape index (κ2) is 4.95. The largest absolute Gasteiger partial charge is 0.307 e. The van der Waals surface area contributed by atoms with Crippen LogP contribution in [0.5, 0.6) is 0 Å². The van der Waals surface area contributed by atoms with Crippen LogP contribution in [0.2, 0.25) is 5.02 Å². The molecule has 0 radical (unpaired) electrons. The van der Waals surface area contributed by atoms with Crippen molar-refractivity contribution in [3.05, 3.63) is 33.5 Å². The van der Waals surface area contributed by atoms with E-state index in [0.717, 1.165) is 16.0 Å². The van der Waals surface area contributed by atoms with Crippen LogP contribution in [-0.4, -0.2) is 26.2 Å². The molecule has 1 aromatic carbocycles. The van der Waals surface area contributed by atoms with E-state index in [4.69, 9.17) is 11.6 Å². The fourth-order valence-electron chi connectivity index (χ4n) is 1.67. The highest BCUT2D eigenvalue weighted by molar-refractivity contribution is 9.10. The Hall–Kier alpha value is -0.980. The Bertz CT molecular complexity index is 566.